The lowest BCUT2D eigenvalue weighted by Gasteiger charge is -2.16. The van der Waals surface area contributed by atoms with E-state index >= 15 is 0 Å². The summed E-state index contributed by atoms with van der Waals surface area (Å²) in [6.45, 7) is 3.40. The summed E-state index contributed by atoms with van der Waals surface area (Å²) < 4.78 is 4.81. The number of ether oxygens (including phenoxy) is 1. The molecular formula is C23H23N3O5. The lowest BCUT2D eigenvalue weighted by atomic mass is 9.95. The van der Waals surface area contributed by atoms with E-state index in [0.717, 1.165) is 21.9 Å². The molecule has 8 nitrogen and oxygen atoms in total. The first kappa shape index (κ1) is 21.8. The molecule has 3 rings (SSSR count). The molecule has 0 aliphatic carbocycles. The van der Waals surface area contributed by atoms with Crippen LogP contribution in [-0.4, -0.2) is 45.6 Å². The standard InChI is InChI=1S/C23H23N3O5/c1-2-11-31-23(30)26-19(14-21(28)29)20(27)8-7-17-12-15-5-3-4-6-16(15)13-18(17)22-24-9-10-25-22/h2-6,9-10,12-13,19H,1,7-8,11,14H2,(H,24,25)(H,26,30)(H,28,29)/t19-/m0/s1. The smallest absolute Gasteiger partial charge is 0.408 e. The van der Waals surface area contributed by atoms with Gasteiger partial charge in [-0.05, 0) is 28.8 Å². The molecule has 1 heterocycles. The molecule has 2 aromatic carbocycles. The molecule has 0 aliphatic rings. The lowest BCUT2D eigenvalue weighted by Crippen LogP contribution is -2.42. The SMILES string of the molecule is C=CCOC(=O)N[C@@H](CC(=O)O)C(=O)CCc1cc2ccccc2cc1-c1ncc[nH]1. The summed E-state index contributed by atoms with van der Waals surface area (Å²) in [6, 6.07) is 10.7. The number of carbonyl (C=O) groups is 3. The number of aryl methyl sites for hydroxylation is 1. The van der Waals surface area contributed by atoms with E-state index in [-0.39, 0.29) is 13.0 Å². The zero-order chi connectivity index (χ0) is 22.2. The van der Waals surface area contributed by atoms with Gasteiger partial charge in [0.25, 0.3) is 0 Å². The normalized spacial score (nSPS) is 11.6. The van der Waals surface area contributed by atoms with E-state index in [0.29, 0.717) is 12.2 Å². The van der Waals surface area contributed by atoms with Crippen LogP contribution in [0.2, 0.25) is 0 Å². The predicted octanol–water partition coefficient (Wildman–Crippen LogP) is 3.49. The number of nitrogens with one attached hydrogen (secondary N) is 2. The maximum absolute atomic E-state index is 12.7. The average Bonchev–Trinajstić information content (AvgIpc) is 3.29. The van der Waals surface area contributed by atoms with Crippen LogP contribution in [0.15, 0.2) is 61.4 Å². The van der Waals surface area contributed by atoms with Gasteiger partial charge in [0.05, 0.1) is 6.42 Å². The first-order valence-corrected chi connectivity index (χ1v) is 9.78. The number of hydrogen-bond donors (Lipinski definition) is 3. The van der Waals surface area contributed by atoms with E-state index in [4.69, 9.17) is 9.84 Å². The quantitative estimate of drug-likeness (QED) is 0.431. The third-order valence-corrected chi connectivity index (χ3v) is 4.76. The van der Waals surface area contributed by atoms with Crippen LogP contribution in [0, 0.1) is 0 Å². The van der Waals surface area contributed by atoms with Gasteiger partial charge in [-0.3, -0.25) is 9.59 Å². The number of Topliss-reactive ketones (excluding diaryl/α,β-unsaturated/α-hetero) is 1. The Kier molecular flexibility index (Phi) is 7.16. The van der Waals surface area contributed by atoms with Gasteiger partial charge in [0.15, 0.2) is 5.78 Å². The second-order valence-corrected chi connectivity index (χ2v) is 6.94. The van der Waals surface area contributed by atoms with Crippen LogP contribution in [0.3, 0.4) is 0 Å². The number of ketones is 1. The number of nitrogens with zero attached hydrogens (tertiary/aromatic N) is 1. The number of benzene rings is 2. The highest BCUT2D eigenvalue weighted by atomic mass is 16.5. The van der Waals surface area contributed by atoms with Gasteiger partial charge in [0.1, 0.15) is 18.5 Å². The van der Waals surface area contributed by atoms with Gasteiger partial charge >= 0.3 is 12.1 Å². The third-order valence-electron chi connectivity index (χ3n) is 4.76. The number of aromatic nitrogens is 2. The van der Waals surface area contributed by atoms with Crippen molar-refractivity contribution in [3.63, 3.8) is 0 Å². The van der Waals surface area contributed by atoms with Crippen molar-refractivity contribution >= 4 is 28.6 Å². The first-order valence-electron chi connectivity index (χ1n) is 9.78. The zero-order valence-electron chi connectivity index (χ0n) is 16.8. The summed E-state index contributed by atoms with van der Waals surface area (Å²) in [6.07, 6.45) is 3.78. The van der Waals surface area contributed by atoms with Crippen molar-refractivity contribution < 1.29 is 24.2 Å². The zero-order valence-corrected chi connectivity index (χ0v) is 16.8. The summed E-state index contributed by atoms with van der Waals surface area (Å²) in [5.74, 6) is -0.901. The van der Waals surface area contributed by atoms with Gasteiger partial charge in [-0.15, -0.1) is 0 Å². The number of imidazole rings is 1. The predicted molar refractivity (Wildman–Crippen MR) is 116 cm³/mol. The molecule has 8 heteroatoms. The van der Waals surface area contributed by atoms with Crippen LogP contribution in [0.1, 0.15) is 18.4 Å². The molecule has 160 valence electrons. The molecule has 31 heavy (non-hydrogen) atoms. The van der Waals surface area contributed by atoms with Crippen LogP contribution in [0.4, 0.5) is 4.79 Å². The Bertz CT molecular complexity index is 1090. The van der Waals surface area contributed by atoms with Crippen molar-refractivity contribution in [3.8, 4) is 11.4 Å². The fraction of sp³-hybridized carbons (Fsp3) is 0.217. The molecule has 1 aromatic heterocycles. The number of H-pyrrole nitrogens is 1. The number of hydrogen-bond acceptors (Lipinski definition) is 5. The topological polar surface area (TPSA) is 121 Å². The van der Waals surface area contributed by atoms with Crippen molar-refractivity contribution in [2.45, 2.75) is 25.3 Å². The van der Waals surface area contributed by atoms with Crippen LogP contribution < -0.4 is 5.32 Å². The number of aromatic amines is 1. The van der Waals surface area contributed by atoms with Gasteiger partial charge in [-0.2, -0.15) is 0 Å². The minimum atomic E-state index is -1.19. The number of amides is 1. The van der Waals surface area contributed by atoms with Gasteiger partial charge in [-0.1, -0.05) is 43.0 Å². The largest absolute Gasteiger partial charge is 0.481 e. The van der Waals surface area contributed by atoms with Crippen molar-refractivity contribution in [3.05, 3.63) is 67.0 Å². The van der Waals surface area contributed by atoms with Crippen molar-refractivity contribution in [2.24, 2.45) is 0 Å². The van der Waals surface area contributed by atoms with E-state index in [2.05, 4.69) is 21.9 Å². The second kappa shape index (κ2) is 10.2. The Balaban J connectivity index is 1.79. The fourth-order valence-corrected chi connectivity index (χ4v) is 3.30. The van der Waals surface area contributed by atoms with Crippen molar-refractivity contribution in [1.29, 1.82) is 0 Å². The minimum Gasteiger partial charge on any atom is -0.481 e. The molecule has 3 N–H and O–H groups in total. The molecule has 0 unspecified atom stereocenters. The molecule has 0 fully saturated rings. The minimum absolute atomic E-state index is 0.0383. The molecule has 1 atom stereocenters. The van der Waals surface area contributed by atoms with E-state index < -0.39 is 30.3 Å². The number of carboxylic acids is 1. The Morgan fingerprint density at radius 1 is 1.23 bits per heavy atom. The van der Waals surface area contributed by atoms with E-state index in [1.807, 2.05) is 36.4 Å². The maximum atomic E-state index is 12.7. The van der Waals surface area contributed by atoms with Gasteiger partial charge in [0, 0.05) is 24.4 Å². The van der Waals surface area contributed by atoms with E-state index in [1.165, 1.54) is 6.08 Å². The number of fused-ring (bicyclic) bond motifs is 1. The molecule has 0 saturated heterocycles. The molecule has 0 radical (unpaired) electrons. The van der Waals surface area contributed by atoms with Gasteiger partial charge in [-0.25, -0.2) is 9.78 Å². The highest BCUT2D eigenvalue weighted by molar-refractivity contribution is 5.92. The third kappa shape index (κ3) is 5.79. The number of alkyl carbamates (subject to hydrolysis) is 1. The average molecular weight is 421 g/mol. The Morgan fingerprint density at radius 3 is 2.61 bits per heavy atom. The number of aliphatic carboxylic acids is 1. The summed E-state index contributed by atoms with van der Waals surface area (Å²) in [4.78, 5) is 43.1. The number of carbonyl (C=O) groups excluding carboxylic acids is 2. The first-order chi connectivity index (χ1) is 15.0. The summed E-state index contributed by atoms with van der Waals surface area (Å²) >= 11 is 0. The monoisotopic (exact) mass is 421 g/mol. The van der Waals surface area contributed by atoms with Crippen LogP contribution in [0.5, 0.6) is 0 Å². The molecule has 0 saturated carbocycles. The molecular weight excluding hydrogens is 398 g/mol. The molecule has 0 bridgehead atoms. The molecule has 0 spiro atoms. The van der Waals surface area contributed by atoms with Crippen LogP contribution in [0.25, 0.3) is 22.2 Å². The lowest BCUT2D eigenvalue weighted by molar-refractivity contribution is -0.139. The van der Waals surface area contributed by atoms with Crippen LogP contribution in [-0.2, 0) is 20.7 Å². The molecule has 0 aliphatic heterocycles. The van der Waals surface area contributed by atoms with Crippen molar-refractivity contribution in [1.82, 2.24) is 15.3 Å². The Hall–Kier alpha value is -3.94. The summed E-state index contributed by atoms with van der Waals surface area (Å²) in [5.41, 5.74) is 1.76. The summed E-state index contributed by atoms with van der Waals surface area (Å²) in [5, 5.41) is 13.5. The van der Waals surface area contributed by atoms with E-state index in [1.54, 1.807) is 12.4 Å². The van der Waals surface area contributed by atoms with Crippen LogP contribution >= 0.6 is 0 Å². The molecule has 3 aromatic rings. The highest BCUT2D eigenvalue weighted by Crippen LogP contribution is 2.28. The van der Waals surface area contributed by atoms with Gasteiger partial charge in [0.2, 0.25) is 0 Å². The molecule has 1 amide bonds. The highest BCUT2D eigenvalue weighted by Gasteiger charge is 2.24. The number of carboxylic acid groups (broad SMARTS) is 1. The Labute approximate surface area is 179 Å². The van der Waals surface area contributed by atoms with E-state index in [9.17, 15) is 14.4 Å². The van der Waals surface area contributed by atoms with Crippen molar-refractivity contribution in [2.75, 3.05) is 6.61 Å². The van der Waals surface area contributed by atoms with Gasteiger partial charge < -0.3 is 20.1 Å². The Morgan fingerprint density at radius 2 is 1.97 bits per heavy atom. The summed E-state index contributed by atoms with van der Waals surface area (Å²) in [7, 11) is 0. The second-order valence-electron chi connectivity index (χ2n) is 6.94. The number of rotatable bonds is 10. The maximum Gasteiger partial charge on any atom is 0.408 e. The fourth-order valence-electron chi connectivity index (χ4n) is 3.30.